The molecule has 3 heteroatoms. The normalized spacial score (nSPS) is 10.6. The van der Waals surface area contributed by atoms with Crippen LogP contribution in [0.4, 0.5) is 0 Å². The summed E-state index contributed by atoms with van der Waals surface area (Å²) in [6, 6.07) is 0. The predicted octanol–water partition coefficient (Wildman–Crippen LogP) is 14.3. The molecule has 0 spiro atoms. The van der Waals surface area contributed by atoms with E-state index in [1.54, 1.807) is 65.1 Å². The predicted molar refractivity (Wildman–Crippen MR) is 186 cm³/mol. The summed E-state index contributed by atoms with van der Waals surface area (Å²) in [5.74, 6) is 0. The van der Waals surface area contributed by atoms with E-state index in [1.807, 2.05) is 0 Å². The molecule has 0 unspecified atom stereocenters. The van der Waals surface area contributed by atoms with Gasteiger partial charge in [0.05, 0.1) is 0 Å². The maximum Gasteiger partial charge on any atom is -2.00 e. The molecule has 0 aliphatic carbocycles. The van der Waals surface area contributed by atoms with Crippen LogP contribution in [0, 0.1) is 0 Å². The van der Waals surface area contributed by atoms with E-state index in [0.29, 0.717) is 0 Å². The van der Waals surface area contributed by atoms with Gasteiger partial charge in [-0.05, 0) is 0 Å². The molecule has 0 N–H and O–H groups in total. The van der Waals surface area contributed by atoms with E-state index in [-0.39, 0.29) is 5.48 Å². The van der Waals surface area contributed by atoms with Gasteiger partial charge in [-0.25, -0.2) is 0 Å². The van der Waals surface area contributed by atoms with Crippen molar-refractivity contribution in [3.05, 3.63) is 0 Å². The van der Waals surface area contributed by atoms with Crippen molar-refractivity contribution in [3.8, 4) is 0 Å². The number of hydrogen-bond acceptors (Lipinski definition) is 0. The molecular weight excluding hydrogens is 686 g/mol. The van der Waals surface area contributed by atoms with Crippen molar-refractivity contribution < 1.29 is 5.48 Å². The molecule has 236 valence electrons. The minimum Gasteiger partial charge on any atom is -2.00 e. The fraction of sp³-hybridized carbons (Fsp3) is 1.00. The smallest absolute Gasteiger partial charge is 2.00 e. The van der Waals surface area contributed by atoms with Gasteiger partial charge in [0, 0.05) is 0 Å². The SMILES string of the molecule is CCCCC[CH2][Sn+]([CH2]CCCCC)[CH2]CCCCC.CCCCC[CH2][Sn+]([CH2]CCCCC)[CH2]CCCCC.[O-2]. The van der Waals surface area contributed by atoms with Crippen molar-refractivity contribution in [1.82, 2.24) is 0 Å². The standard InChI is InChI=1S/6C6H13.O.2Sn/c6*1-3-5-6-4-2;;;/h6*1,3-6H2,2H3;;;/q;;;;;;-2;2*+1. The van der Waals surface area contributed by atoms with Crippen LogP contribution in [0.2, 0.25) is 26.6 Å². The molecule has 1 nitrogen and oxygen atoms in total. The summed E-state index contributed by atoms with van der Waals surface area (Å²) in [5.41, 5.74) is 0. The van der Waals surface area contributed by atoms with E-state index in [9.17, 15) is 0 Å². The second-order valence-corrected chi connectivity index (χ2v) is 29.5. The Labute approximate surface area is 265 Å². The van der Waals surface area contributed by atoms with E-state index in [4.69, 9.17) is 0 Å². The fourth-order valence-corrected chi connectivity index (χ4v) is 22.7. The molecule has 0 radical (unpaired) electrons. The first-order chi connectivity index (χ1) is 18.7. The number of unbranched alkanes of at least 4 members (excludes halogenated alkanes) is 18. The molecule has 0 fully saturated rings. The van der Waals surface area contributed by atoms with Crippen LogP contribution in [-0.2, 0) is 5.48 Å². The third kappa shape index (κ3) is 39.6. The van der Waals surface area contributed by atoms with E-state index >= 15 is 0 Å². The molecule has 0 aliphatic heterocycles. The Kier molecular flexibility index (Phi) is 48.1. The topological polar surface area (TPSA) is 28.5 Å². The zero-order valence-corrected chi connectivity index (χ0v) is 34.3. The van der Waals surface area contributed by atoms with Crippen molar-refractivity contribution in [2.75, 3.05) is 0 Å². The van der Waals surface area contributed by atoms with Crippen LogP contribution in [0.25, 0.3) is 0 Å². The zero-order valence-electron chi connectivity index (χ0n) is 28.6. The Morgan fingerprint density at radius 2 is 0.385 bits per heavy atom. The van der Waals surface area contributed by atoms with E-state index in [1.165, 1.54) is 116 Å². The van der Waals surface area contributed by atoms with Gasteiger partial charge >= 0.3 is 262 Å². The van der Waals surface area contributed by atoms with E-state index in [0.717, 1.165) is 0 Å². The van der Waals surface area contributed by atoms with Crippen molar-refractivity contribution >= 4 is 39.5 Å². The molecule has 0 aliphatic rings. The van der Waals surface area contributed by atoms with Crippen LogP contribution in [0.5, 0.6) is 0 Å². The van der Waals surface area contributed by atoms with Crippen LogP contribution in [-0.4, -0.2) is 39.5 Å². The largest absolute Gasteiger partial charge is 2.00 e. The molecule has 0 atom stereocenters. The molecule has 39 heavy (non-hydrogen) atoms. The van der Waals surface area contributed by atoms with Gasteiger partial charge in [0.2, 0.25) is 0 Å². The molecule has 0 rings (SSSR count). The monoisotopic (exact) mass is 766 g/mol. The molecule has 0 saturated carbocycles. The first-order valence-corrected chi connectivity index (χ1v) is 30.5. The summed E-state index contributed by atoms with van der Waals surface area (Å²) in [4.78, 5) is 0. The molecule has 0 aromatic heterocycles. The van der Waals surface area contributed by atoms with Gasteiger partial charge in [0.25, 0.3) is 0 Å². The van der Waals surface area contributed by atoms with Gasteiger partial charge in [0.15, 0.2) is 0 Å². The third-order valence-electron chi connectivity index (χ3n) is 8.30. The Balaban J connectivity index is -0.000000648. The summed E-state index contributed by atoms with van der Waals surface area (Å²) < 4.78 is 10.3. The summed E-state index contributed by atoms with van der Waals surface area (Å²) in [6.45, 7) is 14.0. The minimum atomic E-state index is -0.948. The fourth-order valence-electron chi connectivity index (χ4n) is 5.56. The van der Waals surface area contributed by atoms with Crippen LogP contribution in [0.15, 0.2) is 0 Å². The average Bonchev–Trinajstić information content (AvgIpc) is 2.93. The molecule has 0 bridgehead atoms. The molecular formula is C36H78OSn2. The van der Waals surface area contributed by atoms with Gasteiger partial charge in [-0.2, -0.15) is 0 Å². The third-order valence-corrected chi connectivity index (χ3v) is 26.5. The summed E-state index contributed by atoms with van der Waals surface area (Å²) in [5, 5.41) is 0. The Hall–Kier alpha value is 1.56. The summed E-state index contributed by atoms with van der Waals surface area (Å²) in [6.07, 6.45) is 35.8. The van der Waals surface area contributed by atoms with Gasteiger partial charge < -0.3 is 5.48 Å². The molecule has 0 amide bonds. The van der Waals surface area contributed by atoms with E-state index < -0.39 is 39.5 Å². The number of rotatable bonds is 30. The quantitative estimate of drug-likeness (QED) is 0.0515. The Bertz CT molecular complexity index is 297. The first kappa shape index (κ1) is 45.0. The minimum absolute atomic E-state index is 0. The number of hydrogen-bond donors (Lipinski definition) is 0. The van der Waals surface area contributed by atoms with Crippen molar-refractivity contribution in [3.63, 3.8) is 0 Å². The maximum atomic E-state index is 2.33. The Morgan fingerprint density at radius 3 is 0.513 bits per heavy atom. The van der Waals surface area contributed by atoms with Gasteiger partial charge in [-0.1, -0.05) is 0 Å². The zero-order chi connectivity index (χ0) is 28.4. The van der Waals surface area contributed by atoms with Crippen molar-refractivity contribution in [2.45, 2.75) is 222 Å². The molecule has 0 heterocycles. The van der Waals surface area contributed by atoms with Gasteiger partial charge in [-0.15, -0.1) is 0 Å². The van der Waals surface area contributed by atoms with Crippen LogP contribution >= 0.6 is 0 Å². The van der Waals surface area contributed by atoms with Crippen molar-refractivity contribution in [1.29, 1.82) is 0 Å². The molecule has 0 aromatic rings. The second kappa shape index (κ2) is 41.7. The van der Waals surface area contributed by atoms with Gasteiger partial charge in [0.1, 0.15) is 0 Å². The van der Waals surface area contributed by atoms with Crippen LogP contribution in [0.3, 0.4) is 0 Å². The first-order valence-electron chi connectivity index (χ1n) is 18.4. The summed E-state index contributed by atoms with van der Waals surface area (Å²) >= 11 is -1.90. The van der Waals surface area contributed by atoms with Gasteiger partial charge in [-0.3, -0.25) is 0 Å². The second-order valence-electron chi connectivity index (χ2n) is 12.4. The maximum absolute atomic E-state index is 2.33. The van der Waals surface area contributed by atoms with Crippen LogP contribution < -0.4 is 0 Å². The van der Waals surface area contributed by atoms with E-state index in [2.05, 4.69) is 41.5 Å². The molecule has 0 aromatic carbocycles. The van der Waals surface area contributed by atoms with Crippen LogP contribution in [0.1, 0.15) is 196 Å². The van der Waals surface area contributed by atoms with Crippen molar-refractivity contribution in [2.24, 2.45) is 0 Å². The average molecular weight is 764 g/mol. The molecule has 0 saturated heterocycles. The Morgan fingerprint density at radius 1 is 0.231 bits per heavy atom. The summed E-state index contributed by atoms with van der Waals surface area (Å²) in [7, 11) is 0.